The van der Waals surface area contributed by atoms with Crippen molar-refractivity contribution in [3.8, 4) is 5.75 Å². The van der Waals surface area contributed by atoms with Crippen molar-refractivity contribution in [1.29, 1.82) is 0 Å². The molecule has 0 heterocycles. The first-order valence-electron chi connectivity index (χ1n) is 6.58. The van der Waals surface area contributed by atoms with Gasteiger partial charge in [-0.25, -0.2) is 0 Å². The standard InChI is InChI=1S/C15H25NO/c1-6-14(11(3)4)16-15-9-8-13(17-7-2)10-12(15)5/h8-11,14,16H,6-7H2,1-5H3. The summed E-state index contributed by atoms with van der Waals surface area (Å²) < 4.78 is 5.49. The molecule has 0 fully saturated rings. The fraction of sp³-hybridized carbons (Fsp3) is 0.600. The van der Waals surface area contributed by atoms with Gasteiger partial charge in [0.15, 0.2) is 0 Å². The Hall–Kier alpha value is -1.18. The Bertz CT molecular complexity index is 347. The summed E-state index contributed by atoms with van der Waals surface area (Å²) in [7, 11) is 0. The maximum absolute atomic E-state index is 5.49. The van der Waals surface area contributed by atoms with Crippen molar-refractivity contribution in [3.05, 3.63) is 23.8 Å². The predicted molar refractivity (Wildman–Crippen MR) is 74.9 cm³/mol. The second kappa shape index (κ2) is 6.53. The van der Waals surface area contributed by atoms with Crippen LogP contribution in [0.2, 0.25) is 0 Å². The average Bonchev–Trinajstić information content (AvgIpc) is 2.28. The van der Waals surface area contributed by atoms with Crippen LogP contribution in [0.1, 0.15) is 39.7 Å². The Morgan fingerprint density at radius 2 is 1.94 bits per heavy atom. The summed E-state index contributed by atoms with van der Waals surface area (Å²) in [6, 6.07) is 6.78. The molecular formula is C15H25NO. The minimum atomic E-state index is 0.534. The Labute approximate surface area is 105 Å². The van der Waals surface area contributed by atoms with Crippen molar-refractivity contribution in [2.45, 2.75) is 47.1 Å². The van der Waals surface area contributed by atoms with Crippen LogP contribution in [0.25, 0.3) is 0 Å². The number of rotatable bonds is 6. The van der Waals surface area contributed by atoms with E-state index >= 15 is 0 Å². The van der Waals surface area contributed by atoms with Gasteiger partial charge in [0.25, 0.3) is 0 Å². The van der Waals surface area contributed by atoms with Crippen LogP contribution >= 0.6 is 0 Å². The Morgan fingerprint density at radius 1 is 1.24 bits per heavy atom. The van der Waals surface area contributed by atoms with Crippen LogP contribution in [-0.4, -0.2) is 12.6 Å². The summed E-state index contributed by atoms with van der Waals surface area (Å²) in [5.41, 5.74) is 2.46. The molecule has 1 unspecified atom stereocenters. The molecule has 0 aliphatic rings. The molecule has 0 aliphatic carbocycles. The maximum Gasteiger partial charge on any atom is 0.119 e. The number of hydrogen-bond donors (Lipinski definition) is 1. The lowest BCUT2D eigenvalue weighted by Crippen LogP contribution is -2.24. The quantitative estimate of drug-likeness (QED) is 0.796. The zero-order valence-electron chi connectivity index (χ0n) is 11.7. The SMILES string of the molecule is CCOc1ccc(NC(CC)C(C)C)c(C)c1. The third-order valence-electron chi connectivity index (χ3n) is 3.09. The van der Waals surface area contributed by atoms with Crippen molar-refractivity contribution in [1.82, 2.24) is 0 Å². The van der Waals surface area contributed by atoms with E-state index in [0.29, 0.717) is 12.0 Å². The molecule has 1 atom stereocenters. The molecule has 2 nitrogen and oxygen atoms in total. The topological polar surface area (TPSA) is 21.3 Å². The van der Waals surface area contributed by atoms with Crippen molar-refractivity contribution < 1.29 is 4.74 Å². The number of hydrogen-bond acceptors (Lipinski definition) is 2. The first-order valence-corrected chi connectivity index (χ1v) is 6.58. The van der Waals surface area contributed by atoms with E-state index in [9.17, 15) is 0 Å². The molecule has 1 aromatic rings. The molecule has 1 aromatic carbocycles. The zero-order valence-corrected chi connectivity index (χ0v) is 11.7. The van der Waals surface area contributed by atoms with Gasteiger partial charge in [0.1, 0.15) is 5.75 Å². The van der Waals surface area contributed by atoms with Crippen LogP contribution in [-0.2, 0) is 0 Å². The van der Waals surface area contributed by atoms with E-state index in [1.54, 1.807) is 0 Å². The predicted octanol–water partition coefficient (Wildman–Crippen LogP) is 4.24. The third-order valence-corrected chi connectivity index (χ3v) is 3.09. The van der Waals surface area contributed by atoms with Gasteiger partial charge in [0, 0.05) is 11.7 Å². The first-order chi connectivity index (χ1) is 8.08. The van der Waals surface area contributed by atoms with Gasteiger partial charge < -0.3 is 10.1 Å². The van der Waals surface area contributed by atoms with Gasteiger partial charge in [0.05, 0.1) is 6.61 Å². The highest BCUT2D eigenvalue weighted by atomic mass is 16.5. The lowest BCUT2D eigenvalue weighted by molar-refractivity contribution is 0.340. The molecule has 0 aromatic heterocycles. The minimum absolute atomic E-state index is 0.534. The van der Waals surface area contributed by atoms with Crippen LogP contribution in [0.15, 0.2) is 18.2 Å². The fourth-order valence-corrected chi connectivity index (χ4v) is 1.99. The maximum atomic E-state index is 5.49. The normalized spacial score (nSPS) is 12.6. The van der Waals surface area contributed by atoms with Gasteiger partial charge in [0.2, 0.25) is 0 Å². The van der Waals surface area contributed by atoms with Crippen molar-refractivity contribution in [3.63, 3.8) is 0 Å². The fourth-order valence-electron chi connectivity index (χ4n) is 1.99. The van der Waals surface area contributed by atoms with Gasteiger partial charge in [-0.05, 0) is 49.9 Å². The molecule has 17 heavy (non-hydrogen) atoms. The third kappa shape index (κ3) is 3.95. The summed E-state index contributed by atoms with van der Waals surface area (Å²) in [5.74, 6) is 1.60. The van der Waals surface area contributed by atoms with Crippen LogP contribution in [0, 0.1) is 12.8 Å². The molecule has 0 aliphatic heterocycles. The molecule has 96 valence electrons. The molecule has 2 heteroatoms. The van der Waals surface area contributed by atoms with E-state index < -0.39 is 0 Å². The van der Waals surface area contributed by atoms with Gasteiger partial charge in [-0.3, -0.25) is 0 Å². The van der Waals surface area contributed by atoms with E-state index in [1.807, 2.05) is 13.0 Å². The van der Waals surface area contributed by atoms with E-state index in [4.69, 9.17) is 4.74 Å². The summed E-state index contributed by atoms with van der Waals surface area (Å²) >= 11 is 0. The molecule has 0 bridgehead atoms. The molecule has 0 spiro atoms. The minimum Gasteiger partial charge on any atom is -0.494 e. The van der Waals surface area contributed by atoms with E-state index in [-0.39, 0.29) is 0 Å². The number of aryl methyl sites for hydroxylation is 1. The second-order valence-electron chi connectivity index (χ2n) is 4.81. The van der Waals surface area contributed by atoms with Crippen LogP contribution in [0.3, 0.4) is 0 Å². The summed E-state index contributed by atoms with van der Waals surface area (Å²) in [5, 5.41) is 3.61. The molecule has 0 radical (unpaired) electrons. The van der Waals surface area contributed by atoms with Crippen molar-refractivity contribution in [2.24, 2.45) is 5.92 Å². The molecular weight excluding hydrogens is 210 g/mol. The monoisotopic (exact) mass is 235 g/mol. The lowest BCUT2D eigenvalue weighted by Gasteiger charge is -2.23. The zero-order chi connectivity index (χ0) is 12.8. The Morgan fingerprint density at radius 3 is 2.41 bits per heavy atom. The highest BCUT2D eigenvalue weighted by Gasteiger charge is 2.11. The average molecular weight is 235 g/mol. The summed E-state index contributed by atoms with van der Waals surface area (Å²) in [4.78, 5) is 0. The van der Waals surface area contributed by atoms with Crippen LogP contribution in [0.5, 0.6) is 5.75 Å². The lowest BCUT2D eigenvalue weighted by atomic mass is 10.0. The van der Waals surface area contributed by atoms with Gasteiger partial charge in [-0.1, -0.05) is 20.8 Å². The largest absolute Gasteiger partial charge is 0.494 e. The van der Waals surface area contributed by atoms with E-state index in [0.717, 1.165) is 18.8 Å². The number of ether oxygens (including phenoxy) is 1. The number of nitrogens with one attached hydrogen (secondary N) is 1. The number of anilines is 1. The number of benzene rings is 1. The molecule has 1 N–H and O–H groups in total. The van der Waals surface area contributed by atoms with Gasteiger partial charge in [-0.15, -0.1) is 0 Å². The summed E-state index contributed by atoms with van der Waals surface area (Å²) in [6.07, 6.45) is 1.14. The Balaban J connectivity index is 2.78. The van der Waals surface area contributed by atoms with Crippen molar-refractivity contribution in [2.75, 3.05) is 11.9 Å². The smallest absolute Gasteiger partial charge is 0.119 e. The van der Waals surface area contributed by atoms with E-state index in [1.165, 1.54) is 11.3 Å². The molecule has 1 rings (SSSR count). The van der Waals surface area contributed by atoms with Gasteiger partial charge in [-0.2, -0.15) is 0 Å². The van der Waals surface area contributed by atoms with Crippen LogP contribution < -0.4 is 10.1 Å². The molecule has 0 saturated heterocycles. The molecule has 0 saturated carbocycles. The molecule has 0 amide bonds. The van der Waals surface area contributed by atoms with Crippen LogP contribution in [0.4, 0.5) is 5.69 Å². The highest BCUT2D eigenvalue weighted by Crippen LogP contribution is 2.23. The summed E-state index contributed by atoms with van der Waals surface area (Å²) in [6.45, 7) is 11.6. The van der Waals surface area contributed by atoms with Crippen molar-refractivity contribution >= 4 is 5.69 Å². The van der Waals surface area contributed by atoms with Gasteiger partial charge >= 0.3 is 0 Å². The first kappa shape index (κ1) is 13.9. The van der Waals surface area contributed by atoms with E-state index in [2.05, 4.69) is 45.1 Å². The highest BCUT2D eigenvalue weighted by molar-refractivity contribution is 5.54. The Kier molecular flexibility index (Phi) is 5.33. The second-order valence-corrected chi connectivity index (χ2v) is 4.81.